The van der Waals surface area contributed by atoms with Gasteiger partial charge in [-0.1, -0.05) is 6.92 Å². The molecule has 0 atom stereocenters. The van der Waals surface area contributed by atoms with Gasteiger partial charge in [0, 0.05) is 24.6 Å². The Balaban J connectivity index is 1.54. The number of thioether (sulfide) groups is 1. The molecule has 0 spiro atoms. The van der Waals surface area contributed by atoms with Gasteiger partial charge in [-0.05, 0) is 43.2 Å². The zero-order chi connectivity index (χ0) is 17.6. The first-order valence-corrected chi connectivity index (χ1v) is 10.1. The van der Waals surface area contributed by atoms with Gasteiger partial charge in [0.2, 0.25) is 5.91 Å². The molecule has 3 rings (SSSR count). The molecule has 2 heterocycles. The molecule has 6 heteroatoms. The van der Waals surface area contributed by atoms with Gasteiger partial charge in [-0.3, -0.25) is 9.59 Å². The van der Waals surface area contributed by atoms with Gasteiger partial charge in [-0.2, -0.15) is 11.8 Å². The van der Waals surface area contributed by atoms with Crippen LogP contribution in [0.5, 0.6) is 11.5 Å². The van der Waals surface area contributed by atoms with Gasteiger partial charge < -0.3 is 14.4 Å². The third-order valence-corrected chi connectivity index (χ3v) is 5.77. The Morgan fingerprint density at radius 3 is 2.60 bits per heavy atom. The first kappa shape index (κ1) is 18.1. The van der Waals surface area contributed by atoms with Crippen LogP contribution in [0, 0.1) is 5.92 Å². The molecule has 2 aliphatic rings. The van der Waals surface area contributed by atoms with Crippen molar-refractivity contribution in [2.45, 2.75) is 26.2 Å². The Morgan fingerprint density at radius 1 is 1.16 bits per heavy atom. The summed E-state index contributed by atoms with van der Waals surface area (Å²) in [5.74, 6) is 3.24. The molecule has 0 bridgehead atoms. The first-order chi connectivity index (χ1) is 12.2. The van der Waals surface area contributed by atoms with Gasteiger partial charge in [0.25, 0.3) is 0 Å². The van der Waals surface area contributed by atoms with E-state index < -0.39 is 0 Å². The van der Waals surface area contributed by atoms with E-state index in [2.05, 4.69) is 6.92 Å². The normalized spacial score (nSPS) is 17.4. The minimum atomic E-state index is -0.0186. The fourth-order valence-electron chi connectivity index (χ4n) is 3.22. The number of carbonyl (C=O) groups excluding carboxylic acids is 2. The molecule has 0 unspecified atom stereocenters. The van der Waals surface area contributed by atoms with Crippen molar-refractivity contribution in [3.8, 4) is 11.5 Å². The van der Waals surface area contributed by atoms with Crippen LogP contribution in [0.25, 0.3) is 0 Å². The van der Waals surface area contributed by atoms with E-state index >= 15 is 0 Å². The van der Waals surface area contributed by atoms with Crippen LogP contribution in [-0.4, -0.2) is 54.4 Å². The summed E-state index contributed by atoms with van der Waals surface area (Å²) in [4.78, 5) is 26.8. The lowest BCUT2D eigenvalue weighted by molar-refractivity contribution is -0.129. The van der Waals surface area contributed by atoms with Crippen molar-refractivity contribution in [1.82, 2.24) is 4.90 Å². The van der Waals surface area contributed by atoms with Crippen LogP contribution in [0.15, 0.2) is 18.2 Å². The van der Waals surface area contributed by atoms with Crippen LogP contribution in [0.3, 0.4) is 0 Å². The number of piperidine rings is 1. The lowest BCUT2D eigenvalue weighted by atomic mass is 9.88. The summed E-state index contributed by atoms with van der Waals surface area (Å²) < 4.78 is 11.1. The summed E-state index contributed by atoms with van der Waals surface area (Å²) in [7, 11) is 0. The summed E-state index contributed by atoms with van der Waals surface area (Å²) in [5.41, 5.74) is 0.674. The van der Waals surface area contributed by atoms with Gasteiger partial charge in [-0.25, -0.2) is 0 Å². The molecular weight excluding hydrogens is 338 g/mol. The fraction of sp³-hybridized carbons (Fsp3) is 0.579. The number of rotatable bonds is 6. The molecule has 1 fully saturated rings. The number of nitrogens with zero attached hydrogens (tertiary/aromatic N) is 1. The Bertz CT molecular complexity index is 626. The molecule has 5 nitrogen and oxygen atoms in total. The highest BCUT2D eigenvalue weighted by Gasteiger charge is 2.28. The highest BCUT2D eigenvalue weighted by molar-refractivity contribution is 7.99. The van der Waals surface area contributed by atoms with E-state index in [9.17, 15) is 9.59 Å². The number of benzene rings is 1. The van der Waals surface area contributed by atoms with Gasteiger partial charge in [0.1, 0.15) is 13.2 Å². The number of Topliss-reactive ketones (excluding diaryl/α,β-unsaturated/α-hetero) is 1. The average Bonchev–Trinajstić information content (AvgIpc) is 2.67. The highest BCUT2D eigenvalue weighted by Crippen LogP contribution is 2.32. The molecule has 1 saturated heterocycles. The third kappa shape index (κ3) is 4.48. The lowest BCUT2D eigenvalue weighted by Crippen LogP contribution is -2.41. The topological polar surface area (TPSA) is 55.8 Å². The van der Waals surface area contributed by atoms with E-state index in [0.29, 0.717) is 49.1 Å². The zero-order valence-electron chi connectivity index (χ0n) is 14.7. The molecule has 25 heavy (non-hydrogen) atoms. The molecule has 0 radical (unpaired) electrons. The van der Waals surface area contributed by atoms with Crippen molar-refractivity contribution in [2.75, 3.05) is 37.8 Å². The summed E-state index contributed by atoms with van der Waals surface area (Å²) in [6, 6.07) is 5.41. The van der Waals surface area contributed by atoms with E-state index in [1.807, 2.05) is 17.0 Å². The molecular formula is C19H25NO4S. The van der Waals surface area contributed by atoms with E-state index in [-0.39, 0.29) is 17.6 Å². The third-order valence-electron chi connectivity index (χ3n) is 4.62. The van der Waals surface area contributed by atoms with Crippen molar-refractivity contribution in [3.05, 3.63) is 23.8 Å². The van der Waals surface area contributed by atoms with E-state index in [1.54, 1.807) is 17.8 Å². The number of amides is 1. The van der Waals surface area contributed by atoms with Crippen molar-refractivity contribution in [3.63, 3.8) is 0 Å². The Hall–Kier alpha value is -1.69. The molecule has 1 aromatic carbocycles. The van der Waals surface area contributed by atoms with Crippen LogP contribution in [0.1, 0.15) is 36.5 Å². The monoisotopic (exact) mass is 363 g/mol. The maximum atomic E-state index is 12.8. The molecule has 136 valence electrons. The minimum Gasteiger partial charge on any atom is -0.486 e. The number of hydrogen-bond acceptors (Lipinski definition) is 5. The van der Waals surface area contributed by atoms with Crippen LogP contribution in [0.2, 0.25) is 0 Å². The average molecular weight is 363 g/mol. The van der Waals surface area contributed by atoms with Gasteiger partial charge >= 0.3 is 0 Å². The fourth-order valence-corrected chi connectivity index (χ4v) is 4.01. The smallest absolute Gasteiger partial charge is 0.232 e. The second-order valence-electron chi connectivity index (χ2n) is 6.43. The summed E-state index contributed by atoms with van der Waals surface area (Å²) >= 11 is 1.69. The van der Waals surface area contributed by atoms with Crippen LogP contribution < -0.4 is 9.47 Å². The maximum Gasteiger partial charge on any atom is 0.232 e. The Morgan fingerprint density at radius 2 is 1.88 bits per heavy atom. The van der Waals surface area contributed by atoms with Crippen LogP contribution in [-0.2, 0) is 4.79 Å². The summed E-state index contributed by atoms with van der Waals surface area (Å²) in [5, 5.41) is 0. The molecule has 1 amide bonds. The number of fused-ring (bicyclic) bond motifs is 1. The van der Waals surface area contributed by atoms with Crippen LogP contribution in [0.4, 0.5) is 0 Å². The molecule has 0 aliphatic carbocycles. The van der Waals surface area contributed by atoms with Crippen molar-refractivity contribution < 1.29 is 19.1 Å². The van der Waals surface area contributed by atoms with Gasteiger partial charge in [-0.15, -0.1) is 0 Å². The lowest BCUT2D eigenvalue weighted by Gasteiger charge is -2.31. The van der Waals surface area contributed by atoms with E-state index in [0.717, 1.165) is 25.0 Å². The standard InChI is InChI=1S/C19H25NO4S/c1-2-11-25-13-18(21)20-7-5-14(6-8-20)19(22)15-3-4-16-17(12-15)24-10-9-23-16/h3-4,12,14H,2,5-11,13H2,1H3. The number of carbonyl (C=O) groups is 2. The second kappa shape index (κ2) is 8.61. The van der Waals surface area contributed by atoms with Crippen molar-refractivity contribution >= 4 is 23.5 Å². The first-order valence-electron chi connectivity index (χ1n) is 8.98. The molecule has 0 aromatic heterocycles. The SMILES string of the molecule is CCCSCC(=O)N1CCC(C(=O)c2ccc3c(c2)OCCO3)CC1. The van der Waals surface area contributed by atoms with E-state index in [1.165, 1.54) is 0 Å². The highest BCUT2D eigenvalue weighted by atomic mass is 32.2. The number of hydrogen-bond donors (Lipinski definition) is 0. The molecule has 0 N–H and O–H groups in total. The minimum absolute atomic E-state index is 0.0186. The molecule has 0 saturated carbocycles. The number of ether oxygens (including phenoxy) is 2. The molecule has 1 aromatic rings. The Labute approximate surface area is 153 Å². The Kier molecular flexibility index (Phi) is 6.24. The predicted octanol–water partition coefficient (Wildman–Crippen LogP) is 3.02. The summed E-state index contributed by atoms with van der Waals surface area (Å²) in [6.07, 6.45) is 2.55. The van der Waals surface area contributed by atoms with Gasteiger partial charge in [0.15, 0.2) is 17.3 Å². The second-order valence-corrected chi connectivity index (χ2v) is 7.54. The largest absolute Gasteiger partial charge is 0.486 e. The molecule has 2 aliphatic heterocycles. The van der Waals surface area contributed by atoms with Gasteiger partial charge in [0.05, 0.1) is 5.75 Å². The number of ketones is 1. The van der Waals surface area contributed by atoms with Crippen molar-refractivity contribution in [2.24, 2.45) is 5.92 Å². The summed E-state index contributed by atoms with van der Waals surface area (Å²) in [6.45, 7) is 4.52. The van der Waals surface area contributed by atoms with Crippen LogP contribution >= 0.6 is 11.8 Å². The number of likely N-dealkylation sites (tertiary alicyclic amines) is 1. The van der Waals surface area contributed by atoms with Crippen molar-refractivity contribution in [1.29, 1.82) is 0 Å². The quantitative estimate of drug-likeness (QED) is 0.574. The maximum absolute atomic E-state index is 12.8. The van der Waals surface area contributed by atoms with E-state index in [4.69, 9.17) is 9.47 Å². The zero-order valence-corrected chi connectivity index (χ0v) is 15.5. The predicted molar refractivity (Wildman–Crippen MR) is 98.7 cm³/mol.